The first-order chi connectivity index (χ1) is 16.7. The molecule has 2 aliphatic rings. The van der Waals surface area contributed by atoms with Crippen molar-refractivity contribution in [3.8, 4) is 0 Å². The van der Waals surface area contributed by atoms with Crippen LogP contribution in [0.1, 0.15) is 47.9 Å². The summed E-state index contributed by atoms with van der Waals surface area (Å²) in [6, 6.07) is 9.97. The van der Waals surface area contributed by atoms with Crippen LogP contribution in [0.3, 0.4) is 0 Å². The zero-order valence-corrected chi connectivity index (χ0v) is 20.6. The minimum absolute atomic E-state index is 0.0694. The number of benzene rings is 2. The summed E-state index contributed by atoms with van der Waals surface area (Å²) in [5.74, 6) is -2.36. The average molecular weight is 480 g/mol. The number of likely N-dealkylation sites (tertiary alicyclic amines) is 2. The normalized spacial score (nSPS) is 17.0. The first kappa shape index (κ1) is 25.3. The summed E-state index contributed by atoms with van der Waals surface area (Å²) in [6.45, 7) is 8.18. The second kappa shape index (κ2) is 10.9. The molecule has 188 valence electrons. The summed E-state index contributed by atoms with van der Waals surface area (Å²) < 4.78 is 0. The Morgan fingerprint density at radius 2 is 1.11 bits per heavy atom. The topological polar surface area (TPSA) is 105 Å². The van der Waals surface area contributed by atoms with Gasteiger partial charge in [0.25, 0.3) is 0 Å². The minimum Gasteiger partial charge on any atom is -0.358 e. The molecule has 8 nitrogen and oxygen atoms in total. The van der Waals surface area contributed by atoms with Gasteiger partial charge >= 0.3 is 0 Å². The molecule has 2 amide bonds. The molecule has 0 aliphatic carbocycles. The molecule has 0 bridgehead atoms. The van der Waals surface area contributed by atoms with Gasteiger partial charge in [0.2, 0.25) is 17.6 Å². The van der Waals surface area contributed by atoms with Crippen molar-refractivity contribution in [3.05, 3.63) is 58.7 Å². The molecule has 2 aromatic carbocycles. The van der Waals surface area contributed by atoms with E-state index in [1.807, 2.05) is 13.8 Å². The summed E-state index contributed by atoms with van der Waals surface area (Å²) in [4.78, 5) is 29.0. The molecule has 0 radical (unpaired) electrons. The van der Waals surface area contributed by atoms with Gasteiger partial charge < -0.3 is 20.8 Å². The number of nitrogens with one attached hydrogen (secondary N) is 2. The average Bonchev–Trinajstić information content (AvgIpc) is 3.51. The quantitative estimate of drug-likeness (QED) is 0.434. The maximum absolute atomic E-state index is 12.4. The third-order valence-electron chi connectivity index (χ3n) is 6.94. The van der Waals surface area contributed by atoms with Gasteiger partial charge in [-0.2, -0.15) is 0 Å². The van der Waals surface area contributed by atoms with Gasteiger partial charge in [-0.05, 0) is 101 Å². The van der Waals surface area contributed by atoms with Gasteiger partial charge in [-0.3, -0.25) is 19.4 Å². The molecule has 2 aliphatic heterocycles. The number of anilines is 2. The second-order valence-corrected chi connectivity index (χ2v) is 9.79. The number of aryl methyl sites for hydroxylation is 2. The summed E-state index contributed by atoms with van der Waals surface area (Å²) >= 11 is 0. The van der Waals surface area contributed by atoms with Crippen molar-refractivity contribution in [1.82, 2.24) is 9.80 Å². The molecule has 0 aromatic heterocycles. The van der Waals surface area contributed by atoms with E-state index in [1.165, 1.54) is 0 Å². The molecule has 2 heterocycles. The van der Waals surface area contributed by atoms with Crippen LogP contribution in [-0.2, 0) is 15.4 Å². The van der Waals surface area contributed by atoms with Crippen molar-refractivity contribution in [1.29, 1.82) is 0 Å². The van der Waals surface area contributed by atoms with E-state index >= 15 is 0 Å². The SMILES string of the molecule is Cc1cc(C(O)(O)c2ccc(NC(=O)CN3CCCC3)c([11CH3])c2)ccc1NC(=O)CN1CCCC1. The van der Waals surface area contributed by atoms with Gasteiger partial charge in [0, 0.05) is 22.5 Å². The number of hydrogen-bond acceptors (Lipinski definition) is 6. The first-order valence-electron chi connectivity index (χ1n) is 12.4. The summed E-state index contributed by atoms with van der Waals surface area (Å²) in [7, 11) is 0. The molecule has 35 heavy (non-hydrogen) atoms. The number of amides is 2. The summed E-state index contributed by atoms with van der Waals surface area (Å²) in [5.41, 5.74) is 3.40. The fraction of sp³-hybridized carbons (Fsp3) is 0.481. The number of hydrogen-bond donors (Lipinski definition) is 4. The Balaban J connectivity index is 1.42. The molecule has 0 atom stereocenters. The van der Waals surface area contributed by atoms with E-state index in [0.29, 0.717) is 35.6 Å². The third kappa shape index (κ3) is 6.27. The Morgan fingerprint density at radius 3 is 1.46 bits per heavy atom. The molecule has 8 heteroatoms. The molecule has 2 aromatic rings. The Kier molecular flexibility index (Phi) is 7.86. The van der Waals surface area contributed by atoms with Crippen LogP contribution >= 0.6 is 0 Å². The van der Waals surface area contributed by atoms with E-state index in [1.54, 1.807) is 36.4 Å². The molecule has 4 rings (SSSR count). The largest absolute Gasteiger partial charge is 0.358 e. The molecule has 0 unspecified atom stereocenters. The zero-order chi connectivity index (χ0) is 25.0. The van der Waals surface area contributed by atoms with Crippen molar-refractivity contribution < 1.29 is 19.8 Å². The Morgan fingerprint density at radius 1 is 0.743 bits per heavy atom. The predicted octanol–water partition coefficient (Wildman–Crippen LogP) is 2.56. The van der Waals surface area contributed by atoms with E-state index in [9.17, 15) is 19.8 Å². The van der Waals surface area contributed by atoms with Crippen molar-refractivity contribution >= 4 is 23.2 Å². The van der Waals surface area contributed by atoms with Gasteiger partial charge in [0.1, 0.15) is 0 Å². The van der Waals surface area contributed by atoms with Crippen molar-refractivity contribution in [3.63, 3.8) is 0 Å². The molecular formula is C27H36N4O4. The van der Waals surface area contributed by atoms with E-state index in [2.05, 4.69) is 20.4 Å². The van der Waals surface area contributed by atoms with Gasteiger partial charge in [0.05, 0.1) is 13.1 Å². The first-order valence-corrected chi connectivity index (χ1v) is 12.4. The predicted molar refractivity (Wildman–Crippen MR) is 136 cm³/mol. The number of aliphatic hydroxyl groups is 2. The lowest BCUT2D eigenvalue weighted by atomic mass is 9.90. The monoisotopic (exact) mass is 479 g/mol. The van der Waals surface area contributed by atoms with Crippen LogP contribution in [0.5, 0.6) is 0 Å². The van der Waals surface area contributed by atoms with Crippen molar-refractivity contribution in [2.24, 2.45) is 0 Å². The Hall–Kier alpha value is -2.78. The highest BCUT2D eigenvalue weighted by molar-refractivity contribution is 5.93. The molecule has 0 spiro atoms. The number of nitrogens with zero attached hydrogens (tertiary/aromatic N) is 2. The third-order valence-corrected chi connectivity index (χ3v) is 6.94. The van der Waals surface area contributed by atoms with Crippen molar-refractivity contribution in [2.75, 3.05) is 49.9 Å². The maximum atomic E-state index is 12.4. The fourth-order valence-electron chi connectivity index (χ4n) is 4.88. The summed E-state index contributed by atoms with van der Waals surface area (Å²) in [6.07, 6.45) is 4.51. The van der Waals surface area contributed by atoms with Crippen LogP contribution in [0.2, 0.25) is 0 Å². The molecule has 2 fully saturated rings. The molecular weight excluding hydrogens is 443 g/mol. The standard InChI is InChI=1S/C27H36N4O4/c1-19-15-21(7-9-23(19)28-25(32)17-30-11-3-4-12-30)27(34,35)22-8-10-24(20(2)16-22)29-26(33)18-31-13-5-6-14-31/h7-10,15-16,34-35H,3-6,11-14,17-18H2,1-2H3,(H,28,32)(H,29,33)/i1-1. The van der Waals surface area contributed by atoms with E-state index in [0.717, 1.165) is 63.0 Å². The number of rotatable bonds is 8. The van der Waals surface area contributed by atoms with Crippen LogP contribution < -0.4 is 10.6 Å². The van der Waals surface area contributed by atoms with Crippen molar-refractivity contribution in [2.45, 2.75) is 45.3 Å². The smallest absolute Gasteiger partial charge is 0.238 e. The van der Waals surface area contributed by atoms with Crippen LogP contribution in [0.25, 0.3) is 0 Å². The lowest BCUT2D eigenvalue weighted by Crippen LogP contribution is -2.31. The highest BCUT2D eigenvalue weighted by atomic mass is 16.5. The van der Waals surface area contributed by atoms with E-state index in [4.69, 9.17) is 0 Å². The lowest BCUT2D eigenvalue weighted by molar-refractivity contribution is -0.132. The highest BCUT2D eigenvalue weighted by Crippen LogP contribution is 2.31. The van der Waals surface area contributed by atoms with Crippen LogP contribution in [0.15, 0.2) is 36.4 Å². The lowest BCUT2D eigenvalue weighted by Gasteiger charge is -2.25. The van der Waals surface area contributed by atoms with Gasteiger partial charge in [-0.1, -0.05) is 12.1 Å². The molecule has 4 N–H and O–H groups in total. The van der Waals surface area contributed by atoms with Gasteiger partial charge in [0.15, 0.2) is 0 Å². The Bertz CT molecular complexity index is 989. The van der Waals surface area contributed by atoms with E-state index in [-0.39, 0.29) is 11.8 Å². The van der Waals surface area contributed by atoms with Gasteiger partial charge in [-0.25, -0.2) is 0 Å². The van der Waals surface area contributed by atoms with Crippen LogP contribution in [-0.4, -0.2) is 71.1 Å². The second-order valence-electron chi connectivity index (χ2n) is 9.79. The zero-order valence-electron chi connectivity index (χ0n) is 20.6. The molecule has 2 saturated heterocycles. The number of carbonyl (C=O) groups is 2. The van der Waals surface area contributed by atoms with E-state index < -0.39 is 5.79 Å². The van der Waals surface area contributed by atoms with Crippen LogP contribution in [0.4, 0.5) is 11.4 Å². The van der Waals surface area contributed by atoms with Gasteiger partial charge in [-0.15, -0.1) is 0 Å². The molecule has 0 saturated carbocycles. The number of carbonyl (C=O) groups excluding carboxylic acids is 2. The minimum atomic E-state index is -2.22. The summed E-state index contributed by atoms with van der Waals surface area (Å²) in [5, 5.41) is 27.9. The highest BCUT2D eigenvalue weighted by Gasteiger charge is 2.30. The fourth-order valence-corrected chi connectivity index (χ4v) is 4.88. The maximum Gasteiger partial charge on any atom is 0.238 e. The van der Waals surface area contributed by atoms with Crippen LogP contribution in [0, 0.1) is 13.8 Å². The Labute approximate surface area is 206 Å².